The van der Waals surface area contributed by atoms with Gasteiger partial charge in [-0.2, -0.15) is 5.10 Å². The fraction of sp³-hybridized carbons (Fsp3) is 0.0500. The van der Waals surface area contributed by atoms with E-state index in [-0.39, 0.29) is 5.78 Å². The minimum atomic E-state index is 0.0211. The predicted octanol–water partition coefficient (Wildman–Crippen LogP) is 4.05. The van der Waals surface area contributed by atoms with E-state index in [4.69, 9.17) is 0 Å². The van der Waals surface area contributed by atoms with Crippen LogP contribution in [0.4, 0.5) is 0 Å². The Kier molecular flexibility index (Phi) is 3.63. The zero-order chi connectivity index (χ0) is 16.4. The summed E-state index contributed by atoms with van der Waals surface area (Å²) >= 11 is 0. The zero-order valence-corrected chi connectivity index (χ0v) is 12.9. The molecule has 0 saturated carbocycles. The van der Waals surface area contributed by atoms with Gasteiger partial charge in [-0.1, -0.05) is 42.5 Å². The van der Waals surface area contributed by atoms with Crippen molar-refractivity contribution in [1.29, 1.82) is 0 Å². The SMILES string of the molecule is O=C(Cc1ccc2cc(-c3ccccc3)cnc2c1)c1ccn[nH]1. The second-order valence-electron chi connectivity index (χ2n) is 5.69. The first-order chi connectivity index (χ1) is 11.8. The van der Waals surface area contributed by atoms with Crippen LogP contribution < -0.4 is 0 Å². The largest absolute Gasteiger partial charge is 0.292 e. The zero-order valence-electron chi connectivity index (χ0n) is 12.9. The molecule has 0 spiro atoms. The molecule has 0 radical (unpaired) electrons. The summed E-state index contributed by atoms with van der Waals surface area (Å²) in [6.45, 7) is 0. The van der Waals surface area contributed by atoms with E-state index in [1.54, 1.807) is 12.3 Å². The molecule has 0 aliphatic heterocycles. The lowest BCUT2D eigenvalue weighted by Gasteiger charge is -2.05. The standard InChI is InChI=1S/C20H15N3O/c24-20(18-8-9-22-23-18)11-14-6-7-16-12-17(13-21-19(16)10-14)15-4-2-1-3-5-15/h1-10,12-13H,11H2,(H,22,23). The number of nitrogens with zero attached hydrogens (tertiary/aromatic N) is 2. The lowest BCUT2D eigenvalue weighted by molar-refractivity contribution is 0.0988. The quantitative estimate of drug-likeness (QED) is 0.578. The third-order valence-corrected chi connectivity index (χ3v) is 4.02. The Morgan fingerprint density at radius 2 is 1.83 bits per heavy atom. The summed E-state index contributed by atoms with van der Waals surface area (Å²) in [6, 6.07) is 20.0. The molecule has 4 heteroatoms. The molecular weight excluding hydrogens is 298 g/mol. The predicted molar refractivity (Wildman–Crippen MR) is 93.8 cm³/mol. The van der Waals surface area contributed by atoms with E-state index < -0.39 is 0 Å². The number of benzene rings is 2. The number of aromatic nitrogens is 3. The van der Waals surface area contributed by atoms with Crippen LogP contribution in [-0.2, 0) is 6.42 Å². The molecule has 116 valence electrons. The van der Waals surface area contributed by atoms with Crippen molar-refractivity contribution < 1.29 is 4.79 Å². The summed E-state index contributed by atoms with van der Waals surface area (Å²) in [4.78, 5) is 16.7. The molecule has 4 rings (SSSR count). The Labute approximate surface area is 139 Å². The van der Waals surface area contributed by atoms with Crippen molar-refractivity contribution in [3.63, 3.8) is 0 Å². The number of carbonyl (C=O) groups excluding carboxylic acids is 1. The monoisotopic (exact) mass is 313 g/mol. The van der Waals surface area contributed by atoms with Crippen LogP contribution in [0.15, 0.2) is 73.1 Å². The van der Waals surface area contributed by atoms with E-state index in [2.05, 4.69) is 33.4 Å². The number of nitrogens with one attached hydrogen (secondary N) is 1. The number of ketones is 1. The summed E-state index contributed by atoms with van der Waals surface area (Å²) in [5, 5.41) is 7.58. The summed E-state index contributed by atoms with van der Waals surface area (Å²) in [5.74, 6) is 0.0211. The molecule has 0 atom stereocenters. The molecule has 1 N–H and O–H groups in total. The van der Waals surface area contributed by atoms with Crippen LogP contribution in [0.2, 0.25) is 0 Å². The van der Waals surface area contributed by atoms with E-state index in [1.165, 1.54) is 0 Å². The average Bonchev–Trinajstić information content (AvgIpc) is 3.17. The molecule has 0 bridgehead atoms. The third-order valence-electron chi connectivity index (χ3n) is 4.02. The Hall–Kier alpha value is -3.27. The van der Waals surface area contributed by atoms with Crippen LogP contribution in [0.3, 0.4) is 0 Å². The first-order valence-electron chi connectivity index (χ1n) is 7.76. The molecule has 0 fully saturated rings. The van der Waals surface area contributed by atoms with Crippen molar-refractivity contribution in [3.8, 4) is 11.1 Å². The maximum atomic E-state index is 12.2. The fourth-order valence-corrected chi connectivity index (χ4v) is 2.76. The number of H-pyrrole nitrogens is 1. The number of rotatable bonds is 4. The van der Waals surface area contributed by atoms with Gasteiger partial charge in [0.15, 0.2) is 5.78 Å². The second-order valence-corrected chi connectivity index (χ2v) is 5.69. The number of fused-ring (bicyclic) bond motifs is 1. The summed E-state index contributed by atoms with van der Waals surface area (Å²) < 4.78 is 0. The highest BCUT2D eigenvalue weighted by atomic mass is 16.1. The van der Waals surface area contributed by atoms with E-state index in [0.717, 1.165) is 27.6 Å². The lowest BCUT2D eigenvalue weighted by atomic mass is 10.0. The second kappa shape index (κ2) is 6.08. The lowest BCUT2D eigenvalue weighted by Crippen LogP contribution is -2.04. The van der Waals surface area contributed by atoms with E-state index in [9.17, 15) is 4.79 Å². The van der Waals surface area contributed by atoms with Crippen LogP contribution in [0.25, 0.3) is 22.0 Å². The van der Waals surface area contributed by atoms with Gasteiger partial charge in [0.2, 0.25) is 0 Å². The maximum absolute atomic E-state index is 12.2. The highest BCUT2D eigenvalue weighted by molar-refractivity contribution is 5.96. The molecule has 0 amide bonds. The van der Waals surface area contributed by atoms with Gasteiger partial charge in [-0.25, -0.2) is 0 Å². The fourth-order valence-electron chi connectivity index (χ4n) is 2.76. The first-order valence-corrected chi connectivity index (χ1v) is 7.76. The summed E-state index contributed by atoms with van der Waals surface area (Å²) in [6.07, 6.45) is 3.79. The maximum Gasteiger partial charge on any atom is 0.184 e. The minimum absolute atomic E-state index is 0.0211. The highest BCUT2D eigenvalue weighted by Crippen LogP contribution is 2.23. The minimum Gasteiger partial charge on any atom is -0.292 e. The molecule has 4 aromatic rings. The Morgan fingerprint density at radius 3 is 2.62 bits per heavy atom. The molecule has 2 aromatic carbocycles. The summed E-state index contributed by atoms with van der Waals surface area (Å²) in [7, 11) is 0. The van der Waals surface area contributed by atoms with Crippen molar-refractivity contribution >= 4 is 16.7 Å². The van der Waals surface area contributed by atoms with E-state index in [0.29, 0.717) is 12.1 Å². The molecule has 0 aliphatic rings. The Morgan fingerprint density at radius 1 is 0.958 bits per heavy atom. The van der Waals surface area contributed by atoms with Crippen LogP contribution in [0.5, 0.6) is 0 Å². The van der Waals surface area contributed by atoms with Crippen molar-refractivity contribution in [2.24, 2.45) is 0 Å². The number of Topliss-reactive ketones (excluding diaryl/α,β-unsaturated/α-hetero) is 1. The molecular formula is C20H15N3O. The number of carbonyl (C=O) groups is 1. The Bertz CT molecular complexity index is 992. The van der Waals surface area contributed by atoms with Gasteiger partial charge in [0.1, 0.15) is 5.69 Å². The highest BCUT2D eigenvalue weighted by Gasteiger charge is 2.09. The molecule has 0 unspecified atom stereocenters. The average molecular weight is 313 g/mol. The molecule has 24 heavy (non-hydrogen) atoms. The molecule has 2 aromatic heterocycles. The number of hydrogen-bond acceptors (Lipinski definition) is 3. The van der Waals surface area contributed by atoms with Crippen LogP contribution in [0.1, 0.15) is 16.1 Å². The number of aromatic amines is 1. The molecule has 4 nitrogen and oxygen atoms in total. The van der Waals surface area contributed by atoms with Crippen LogP contribution >= 0.6 is 0 Å². The van der Waals surface area contributed by atoms with Gasteiger partial charge in [-0.15, -0.1) is 0 Å². The Balaban J connectivity index is 1.63. The van der Waals surface area contributed by atoms with E-state index in [1.807, 2.05) is 42.6 Å². The van der Waals surface area contributed by atoms with Gasteiger partial charge in [0, 0.05) is 29.8 Å². The molecule has 2 heterocycles. The van der Waals surface area contributed by atoms with Gasteiger partial charge in [0.05, 0.1) is 5.52 Å². The van der Waals surface area contributed by atoms with Gasteiger partial charge in [-0.3, -0.25) is 14.9 Å². The smallest absolute Gasteiger partial charge is 0.184 e. The number of hydrogen-bond donors (Lipinski definition) is 1. The van der Waals surface area contributed by atoms with Crippen molar-refractivity contribution in [1.82, 2.24) is 15.2 Å². The van der Waals surface area contributed by atoms with Crippen molar-refractivity contribution in [2.45, 2.75) is 6.42 Å². The van der Waals surface area contributed by atoms with Crippen LogP contribution in [0, 0.1) is 0 Å². The van der Waals surface area contributed by atoms with Gasteiger partial charge >= 0.3 is 0 Å². The van der Waals surface area contributed by atoms with Gasteiger partial charge < -0.3 is 0 Å². The summed E-state index contributed by atoms with van der Waals surface area (Å²) in [5.41, 5.74) is 4.60. The van der Waals surface area contributed by atoms with Gasteiger partial charge in [-0.05, 0) is 29.3 Å². The third kappa shape index (κ3) is 2.82. The number of pyridine rings is 1. The topological polar surface area (TPSA) is 58.6 Å². The molecule has 0 saturated heterocycles. The van der Waals surface area contributed by atoms with Gasteiger partial charge in [0.25, 0.3) is 0 Å². The van der Waals surface area contributed by atoms with Crippen molar-refractivity contribution in [3.05, 3.63) is 84.3 Å². The van der Waals surface area contributed by atoms with E-state index >= 15 is 0 Å². The molecule has 0 aliphatic carbocycles. The normalized spacial score (nSPS) is 10.8. The van der Waals surface area contributed by atoms with Crippen LogP contribution in [-0.4, -0.2) is 21.0 Å². The first kappa shape index (κ1) is 14.3. The van der Waals surface area contributed by atoms with Crippen molar-refractivity contribution in [2.75, 3.05) is 0 Å².